The molecule has 0 saturated heterocycles. The van der Waals surface area contributed by atoms with E-state index in [9.17, 15) is 19.2 Å². The average molecular weight is 553 g/mol. The van der Waals surface area contributed by atoms with Crippen LogP contribution in [0.25, 0.3) is 16.7 Å². The number of benzene rings is 3. The Morgan fingerprint density at radius 3 is 1.59 bits per heavy atom. The third-order valence-electron chi connectivity index (χ3n) is 5.70. The summed E-state index contributed by atoms with van der Waals surface area (Å²) in [6, 6.07) is 18.0. The minimum Gasteiger partial charge on any atom is -0.423 e. The van der Waals surface area contributed by atoms with Gasteiger partial charge in [0.15, 0.2) is 0 Å². The Morgan fingerprint density at radius 2 is 1.10 bits per heavy atom. The molecule has 0 N–H and O–H groups in total. The van der Waals surface area contributed by atoms with Crippen molar-refractivity contribution in [1.82, 2.24) is 0 Å². The second-order valence-corrected chi connectivity index (χ2v) is 8.57. The van der Waals surface area contributed by atoms with Crippen LogP contribution in [-0.4, -0.2) is 23.9 Å². The van der Waals surface area contributed by atoms with Gasteiger partial charge in [-0.2, -0.15) is 0 Å². The predicted molar refractivity (Wildman–Crippen MR) is 154 cm³/mol. The van der Waals surface area contributed by atoms with Gasteiger partial charge in [-0.1, -0.05) is 43.5 Å². The molecule has 8 nitrogen and oxygen atoms in total. The number of esters is 4. The molecule has 208 valence electrons. The fourth-order valence-corrected chi connectivity index (χ4v) is 3.42. The lowest BCUT2D eigenvalue weighted by atomic mass is 9.99. The minimum absolute atomic E-state index is 0.241. The van der Waals surface area contributed by atoms with E-state index in [1.165, 1.54) is 30.3 Å². The standard InChI is InChI=1S/C33H28O8/c1-6-21(4)33(37)41-29-20-24(23-9-12-25(13-10-23)38-30(34)7-2)11-18-28(29)22(5)19-32(36)40-27-16-14-26(15-17-27)39-31(35)8-3/h6-20H,2-3H2,1,4-5H3/b21-6+,22-19+. The van der Waals surface area contributed by atoms with E-state index in [4.69, 9.17) is 18.9 Å². The number of carbonyl (C=O) groups excluding carboxylic acids is 4. The van der Waals surface area contributed by atoms with Crippen molar-refractivity contribution in [3.05, 3.63) is 115 Å². The van der Waals surface area contributed by atoms with Gasteiger partial charge in [-0.3, -0.25) is 0 Å². The zero-order valence-electron chi connectivity index (χ0n) is 22.8. The number of allylic oxidation sites excluding steroid dienone is 2. The fourth-order valence-electron chi connectivity index (χ4n) is 3.42. The fraction of sp³-hybridized carbons (Fsp3) is 0.0909. The molecule has 0 spiro atoms. The SMILES string of the molecule is C=CC(=O)Oc1ccc(OC(=O)/C=C(\C)c2ccc(-c3ccc(OC(=O)C=C)cc3)cc2OC(=O)/C(C)=C/C)cc1. The molecule has 0 atom stereocenters. The first-order chi connectivity index (χ1) is 19.6. The Labute approximate surface area is 237 Å². The number of rotatable bonds is 10. The predicted octanol–water partition coefficient (Wildman–Crippen LogP) is 6.42. The second-order valence-electron chi connectivity index (χ2n) is 8.57. The summed E-state index contributed by atoms with van der Waals surface area (Å²) < 4.78 is 21.2. The topological polar surface area (TPSA) is 105 Å². The summed E-state index contributed by atoms with van der Waals surface area (Å²) in [6.45, 7) is 11.8. The van der Waals surface area contributed by atoms with E-state index < -0.39 is 23.9 Å². The van der Waals surface area contributed by atoms with Crippen LogP contribution in [0.5, 0.6) is 23.0 Å². The van der Waals surface area contributed by atoms with E-state index in [2.05, 4.69) is 13.2 Å². The number of hydrogen-bond donors (Lipinski definition) is 0. The van der Waals surface area contributed by atoms with Crippen molar-refractivity contribution in [3.8, 4) is 34.1 Å². The summed E-state index contributed by atoms with van der Waals surface area (Å²) in [4.78, 5) is 48.1. The van der Waals surface area contributed by atoms with Crippen LogP contribution in [0.3, 0.4) is 0 Å². The molecule has 0 unspecified atom stereocenters. The molecule has 0 aliphatic carbocycles. The first-order valence-corrected chi connectivity index (χ1v) is 12.4. The molecular weight excluding hydrogens is 524 g/mol. The van der Waals surface area contributed by atoms with Gasteiger partial charge in [0.1, 0.15) is 23.0 Å². The third-order valence-corrected chi connectivity index (χ3v) is 5.70. The van der Waals surface area contributed by atoms with Gasteiger partial charge in [-0.05, 0) is 79.9 Å². The minimum atomic E-state index is -0.658. The van der Waals surface area contributed by atoms with Crippen molar-refractivity contribution >= 4 is 29.5 Å². The average Bonchev–Trinajstić information content (AvgIpc) is 2.97. The van der Waals surface area contributed by atoms with Crippen LogP contribution >= 0.6 is 0 Å². The van der Waals surface area contributed by atoms with Crippen LogP contribution in [0.2, 0.25) is 0 Å². The molecule has 0 aliphatic heterocycles. The van der Waals surface area contributed by atoms with Crippen molar-refractivity contribution in [2.45, 2.75) is 20.8 Å². The lowest BCUT2D eigenvalue weighted by Crippen LogP contribution is -2.11. The monoisotopic (exact) mass is 552 g/mol. The first-order valence-electron chi connectivity index (χ1n) is 12.4. The maximum atomic E-state index is 12.7. The molecule has 0 radical (unpaired) electrons. The van der Waals surface area contributed by atoms with Gasteiger partial charge in [0.2, 0.25) is 0 Å². The molecule has 0 aliphatic rings. The van der Waals surface area contributed by atoms with Crippen molar-refractivity contribution < 1.29 is 38.1 Å². The molecule has 41 heavy (non-hydrogen) atoms. The maximum Gasteiger partial charge on any atom is 0.338 e. The molecule has 8 heteroatoms. The Kier molecular flexibility index (Phi) is 10.3. The maximum absolute atomic E-state index is 12.7. The van der Waals surface area contributed by atoms with Crippen LogP contribution in [-0.2, 0) is 19.2 Å². The van der Waals surface area contributed by atoms with E-state index >= 15 is 0 Å². The van der Waals surface area contributed by atoms with E-state index in [0.29, 0.717) is 22.5 Å². The summed E-state index contributed by atoms with van der Waals surface area (Å²) in [5.41, 5.74) is 2.91. The van der Waals surface area contributed by atoms with Gasteiger partial charge in [0.05, 0.1) is 0 Å². The molecule has 0 heterocycles. The van der Waals surface area contributed by atoms with Gasteiger partial charge in [0, 0.05) is 29.4 Å². The van der Waals surface area contributed by atoms with Gasteiger partial charge >= 0.3 is 23.9 Å². The van der Waals surface area contributed by atoms with Crippen LogP contribution in [0.4, 0.5) is 0 Å². The summed E-state index contributed by atoms with van der Waals surface area (Å²) in [7, 11) is 0. The third kappa shape index (κ3) is 8.49. The lowest BCUT2D eigenvalue weighted by molar-refractivity contribution is -0.130. The van der Waals surface area contributed by atoms with E-state index in [0.717, 1.165) is 23.3 Å². The van der Waals surface area contributed by atoms with Gasteiger partial charge < -0.3 is 18.9 Å². The van der Waals surface area contributed by atoms with E-state index in [-0.39, 0.29) is 17.2 Å². The second kappa shape index (κ2) is 14.0. The van der Waals surface area contributed by atoms with Crippen LogP contribution < -0.4 is 18.9 Å². The normalized spacial score (nSPS) is 11.2. The van der Waals surface area contributed by atoms with Gasteiger partial charge in [0.25, 0.3) is 0 Å². The number of ether oxygens (including phenoxy) is 4. The van der Waals surface area contributed by atoms with Crippen LogP contribution in [0, 0.1) is 0 Å². The highest BCUT2D eigenvalue weighted by Gasteiger charge is 2.15. The molecule has 0 aromatic heterocycles. The quantitative estimate of drug-likeness (QED) is 0.161. The van der Waals surface area contributed by atoms with Gasteiger partial charge in [-0.25, -0.2) is 19.2 Å². The first kappa shape index (κ1) is 30.0. The summed E-state index contributed by atoms with van der Waals surface area (Å²) in [5, 5.41) is 0. The summed E-state index contributed by atoms with van der Waals surface area (Å²) >= 11 is 0. The molecule has 0 amide bonds. The Hall–Kier alpha value is -5.50. The summed E-state index contributed by atoms with van der Waals surface area (Å²) in [5.74, 6) is -1.25. The van der Waals surface area contributed by atoms with Crippen molar-refractivity contribution in [2.24, 2.45) is 0 Å². The molecule has 3 aromatic rings. The molecule has 3 rings (SSSR count). The smallest absolute Gasteiger partial charge is 0.338 e. The Balaban J connectivity index is 1.87. The van der Waals surface area contributed by atoms with Gasteiger partial charge in [-0.15, -0.1) is 0 Å². The van der Waals surface area contributed by atoms with Crippen molar-refractivity contribution in [1.29, 1.82) is 0 Å². The Bertz CT molecular complexity index is 1540. The van der Waals surface area contributed by atoms with E-state index in [1.807, 2.05) is 6.07 Å². The molecule has 0 bridgehead atoms. The zero-order chi connectivity index (χ0) is 29.9. The van der Waals surface area contributed by atoms with Crippen LogP contribution in [0.15, 0.2) is 110 Å². The highest BCUT2D eigenvalue weighted by Crippen LogP contribution is 2.33. The number of hydrogen-bond acceptors (Lipinski definition) is 8. The number of carbonyl (C=O) groups is 4. The Morgan fingerprint density at radius 1 is 0.634 bits per heavy atom. The van der Waals surface area contributed by atoms with Crippen LogP contribution in [0.1, 0.15) is 26.3 Å². The highest BCUT2D eigenvalue weighted by molar-refractivity contribution is 5.95. The van der Waals surface area contributed by atoms with Crippen molar-refractivity contribution in [2.75, 3.05) is 0 Å². The molecule has 3 aromatic carbocycles. The zero-order valence-corrected chi connectivity index (χ0v) is 22.8. The largest absolute Gasteiger partial charge is 0.423 e. The molecular formula is C33H28O8. The highest BCUT2D eigenvalue weighted by atomic mass is 16.5. The lowest BCUT2D eigenvalue weighted by Gasteiger charge is -2.13. The van der Waals surface area contributed by atoms with Crippen molar-refractivity contribution in [3.63, 3.8) is 0 Å². The molecule has 0 saturated carbocycles. The summed E-state index contributed by atoms with van der Waals surface area (Å²) in [6.07, 6.45) is 5.03. The van der Waals surface area contributed by atoms with E-state index in [1.54, 1.807) is 63.2 Å². The molecule has 0 fully saturated rings.